The lowest BCUT2D eigenvalue weighted by Gasteiger charge is -2.34. The Morgan fingerprint density at radius 1 is 1.07 bits per heavy atom. The van der Waals surface area contributed by atoms with Gasteiger partial charge in [0.1, 0.15) is 0 Å². The summed E-state index contributed by atoms with van der Waals surface area (Å²) in [5, 5.41) is 2.77. The van der Waals surface area contributed by atoms with Crippen molar-refractivity contribution in [3.63, 3.8) is 0 Å². The quantitative estimate of drug-likeness (QED) is 0.797. The highest BCUT2D eigenvalue weighted by Crippen LogP contribution is 2.32. The van der Waals surface area contributed by atoms with E-state index in [9.17, 15) is 13.2 Å². The van der Waals surface area contributed by atoms with Gasteiger partial charge in [0, 0.05) is 18.8 Å². The largest absolute Gasteiger partial charge is 0.373 e. The molecule has 0 spiro atoms. The minimum atomic E-state index is -3.94. The summed E-state index contributed by atoms with van der Waals surface area (Å²) in [7, 11) is -3.94. The molecule has 0 aromatic heterocycles. The molecule has 2 unspecified atom stereocenters. The molecule has 0 aliphatic carbocycles. The van der Waals surface area contributed by atoms with Gasteiger partial charge >= 0.3 is 16.2 Å². The van der Waals surface area contributed by atoms with E-state index in [0.717, 1.165) is 11.1 Å². The Bertz CT molecular complexity index is 741. The number of morpholine rings is 1. The standard InChI is InChI=1S/C19H31N3O4S/c1-12(2)16-8-7-9-17(13(3)4)18(16)20-19(23)21-27(24,25)22-10-14(5)26-15(6)11-22/h7-9,12-15H,10-11H2,1-6H3,(H2,20,21,23). The average molecular weight is 398 g/mol. The molecule has 1 aromatic rings. The molecule has 8 heteroatoms. The number of nitrogens with zero attached hydrogens (tertiary/aromatic N) is 1. The summed E-state index contributed by atoms with van der Waals surface area (Å²) in [5.41, 5.74) is 2.63. The number of amides is 2. The molecule has 2 N–H and O–H groups in total. The van der Waals surface area contributed by atoms with Gasteiger partial charge in [0.2, 0.25) is 0 Å². The van der Waals surface area contributed by atoms with Gasteiger partial charge < -0.3 is 10.1 Å². The highest BCUT2D eigenvalue weighted by atomic mass is 32.2. The maximum absolute atomic E-state index is 12.6. The van der Waals surface area contributed by atoms with Gasteiger partial charge in [-0.2, -0.15) is 12.7 Å². The van der Waals surface area contributed by atoms with Gasteiger partial charge in [-0.1, -0.05) is 45.9 Å². The van der Waals surface area contributed by atoms with Gasteiger partial charge in [0.05, 0.1) is 12.2 Å². The summed E-state index contributed by atoms with van der Waals surface area (Å²) < 4.78 is 34.2. The first kappa shape index (κ1) is 21.7. The molecule has 27 heavy (non-hydrogen) atoms. The Hall–Kier alpha value is -1.64. The van der Waals surface area contributed by atoms with Crippen LogP contribution in [0.5, 0.6) is 0 Å². The van der Waals surface area contributed by atoms with Crippen LogP contribution in [0.1, 0.15) is 64.5 Å². The van der Waals surface area contributed by atoms with Crippen molar-refractivity contribution in [1.29, 1.82) is 0 Å². The zero-order valence-electron chi connectivity index (χ0n) is 16.9. The van der Waals surface area contributed by atoms with Crippen LogP contribution in [0.15, 0.2) is 18.2 Å². The summed E-state index contributed by atoms with van der Waals surface area (Å²) in [6.45, 7) is 12.2. The molecule has 1 fully saturated rings. The van der Waals surface area contributed by atoms with Crippen molar-refractivity contribution >= 4 is 21.9 Å². The maximum Gasteiger partial charge on any atom is 0.333 e. The number of para-hydroxylation sites is 1. The Morgan fingerprint density at radius 3 is 2.00 bits per heavy atom. The Labute approximate surface area is 162 Å². The molecule has 7 nitrogen and oxygen atoms in total. The van der Waals surface area contributed by atoms with Crippen LogP contribution in [0.25, 0.3) is 0 Å². The number of hydrogen-bond donors (Lipinski definition) is 2. The molecule has 1 aliphatic heterocycles. The first-order chi connectivity index (χ1) is 12.5. The highest BCUT2D eigenvalue weighted by molar-refractivity contribution is 7.87. The van der Waals surface area contributed by atoms with Gasteiger partial charge in [0.25, 0.3) is 0 Å². The van der Waals surface area contributed by atoms with Gasteiger partial charge in [-0.3, -0.25) is 0 Å². The minimum Gasteiger partial charge on any atom is -0.373 e. The van der Waals surface area contributed by atoms with Crippen molar-refractivity contribution in [3.8, 4) is 0 Å². The third-order valence-electron chi connectivity index (χ3n) is 4.56. The SMILES string of the molecule is CC1CN(S(=O)(=O)NC(=O)Nc2c(C(C)C)cccc2C(C)C)CC(C)O1. The van der Waals surface area contributed by atoms with Crippen LogP contribution >= 0.6 is 0 Å². The van der Waals surface area contributed by atoms with Crippen molar-refractivity contribution in [2.75, 3.05) is 18.4 Å². The van der Waals surface area contributed by atoms with Gasteiger partial charge in [-0.25, -0.2) is 9.52 Å². The van der Waals surface area contributed by atoms with Crippen molar-refractivity contribution in [3.05, 3.63) is 29.3 Å². The Morgan fingerprint density at radius 2 is 1.56 bits per heavy atom. The monoisotopic (exact) mass is 397 g/mol. The van der Waals surface area contributed by atoms with Gasteiger partial charge in [-0.15, -0.1) is 0 Å². The minimum absolute atomic E-state index is 0.191. The third-order valence-corrected chi connectivity index (χ3v) is 5.98. The zero-order valence-corrected chi connectivity index (χ0v) is 17.8. The second-order valence-electron chi connectivity index (χ2n) is 7.76. The molecule has 0 bridgehead atoms. The maximum atomic E-state index is 12.6. The number of hydrogen-bond acceptors (Lipinski definition) is 4. The van der Waals surface area contributed by atoms with Crippen LogP contribution in [0.2, 0.25) is 0 Å². The molecule has 1 heterocycles. The fourth-order valence-electron chi connectivity index (χ4n) is 3.34. The molecule has 1 aliphatic rings. The van der Waals surface area contributed by atoms with Crippen LogP contribution in [0, 0.1) is 0 Å². The second kappa shape index (κ2) is 8.58. The molecule has 2 amide bonds. The van der Waals surface area contributed by atoms with E-state index in [1.807, 2.05) is 59.7 Å². The van der Waals surface area contributed by atoms with Crippen LogP contribution in [-0.2, 0) is 14.9 Å². The topological polar surface area (TPSA) is 87.7 Å². The number of nitrogens with one attached hydrogen (secondary N) is 2. The molecule has 1 saturated heterocycles. The van der Waals surface area contributed by atoms with Gasteiger partial charge in [0.15, 0.2) is 0 Å². The fourth-order valence-corrected chi connectivity index (χ4v) is 4.57. The van der Waals surface area contributed by atoms with E-state index in [4.69, 9.17) is 4.74 Å². The lowest BCUT2D eigenvalue weighted by molar-refractivity contribution is -0.0442. The average Bonchev–Trinajstić information content (AvgIpc) is 2.53. The van der Waals surface area contributed by atoms with E-state index in [1.165, 1.54) is 4.31 Å². The smallest absolute Gasteiger partial charge is 0.333 e. The van der Waals surface area contributed by atoms with Crippen molar-refractivity contribution in [1.82, 2.24) is 9.03 Å². The van der Waals surface area contributed by atoms with Gasteiger partial charge in [-0.05, 0) is 36.8 Å². The summed E-state index contributed by atoms with van der Waals surface area (Å²) in [6.07, 6.45) is -0.440. The van der Waals surface area contributed by atoms with Crippen molar-refractivity contribution in [2.45, 2.75) is 65.6 Å². The van der Waals surface area contributed by atoms with E-state index < -0.39 is 16.2 Å². The third kappa shape index (κ3) is 5.43. The van der Waals surface area contributed by atoms with E-state index in [-0.39, 0.29) is 37.1 Å². The van der Waals surface area contributed by atoms with Crippen molar-refractivity contribution in [2.24, 2.45) is 0 Å². The van der Waals surface area contributed by atoms with Crippen LogP contribution < -0.4 is 10.0 Å². The number of urea groups is 1. The van der Waals surface area contributed by atoms with E-state index in [1.54, 1.807) is 0 Å². The first-order valence-electron chi connectivity index (χ1n) is 9.38. The summed E-state index contributed by atoms with van der Waals surface area (Å²) in [5.74, 6) is 0.382. The number of anilines is 1. The zero-order chi connectivity index (χ0) is 20.4. The lowest BCUT2D eigenvalue weighted by Crippen LogP contribution is -2.53. The number of carbonyl (C=O) groups excluding carboxylic acids is 1. The molecular weight excluding hydrogens is 366 g/mol. The number of benzene rings is 1. The molecular formula is C19H31N3O4S. The summed E-state index contributed by atoms with van der Waals surface area (Å²) in [4.78, 5) is 12.5. The molecule has 2 atom stereocenters. The number of rotatable bonds is 5. The van der Waals surface area contributed by atoms with Crippen LogP contribution in [0.3, 0.4) is 0 Å². The summed E-state index contributed by atoms with van der Waals surface area (Å²) in [6, 6.07) is 5.11. The fraction of sp³-hybridized carbons (Fsp3) is 0.632. The first-order valence-corrected chi connectivity index (χ1v) is 10.8. The molecule has 0 saturated carbocycles. The Kier molecular flexibility index (Phi) is 6.88. The predicted octanol–water partition coefficient (Wildman–Crippen LogP) is 3.41. The lowest BCUT2D eigenvalue weighted by atomic mass is 9.93. The molecule has 1 aromatic carbocycles. The normalized spacial score (nSPS) is 21.5. The predicted molar refractivity (Wildman–Crippen MR) is 107 cm³/mol. The van der Waals surface area contributed by atoms with E-state index in [0.29, 0.717) is 5.69 Å². The number of carbonyl (C=O) groups is 1. The van der Waals surface area contributed by atoms with Crippen LogP contribution in [-0.4, -0.2) is 44.1 Å². The molecule has 2 rings (SSSR count). The van der Waals surface area contributed by atoms with Crippen molar-refractivity contribution < 1.29 is 17.9 Å². The van der Waals surface area contributed by atoms with Crippen LogP contribution in [0.4, 0.5) is 10.5 Å². The Balaban J connectivity index is 2.20. The molecule has 0 radical (unpaired) electrons. The summed E-state index contributed by atoms with van der Waals surface area (Å²) >= 11 is 0. The number of ether oxygens (including phenoxy) is 1. The molecule has 152 valence electrons. The van der Waals surface area contributed by atoms with E-state index in [2.05, 4.69) is 10.0 Å². The highest BCUT2D eigenvalue weighted by Gasteiger charge is 2.32. The van der Waals surface area contributed by atoms with E-state index >= 15 is 0 Å². The second-order valence-corrected chi connectivity index (χ2v) is 9.43.